The van der Waals surface area contributed by atoms with Gasteiger partial charge in [-0.3, -0.25) is 9.69 Å². The van der Waals surface area contributed by atoms with E-state index in [-0.39, 0.29) is 11.4 Å². The van der Waals surface area contributed by atoms with Crippen LogP contribution in [0.1, 0.15) is 20.8 Å². The van der Waals surface area contributed by atoms with Crippen molar-refractivity contribution in [2.75, 3.05) is 26.2 Å². The maximum Gasteiger partial charge on any atom is 0.223 e. The van der Waals surface area contributed by atoms with Gasteiger partial charge in [0.1, 0.15) is 0 Å². The molecule has 1 heterocycles. The van der Waals surface area contributed by atoms with Gasteiger partial charge in [0.05, 0.1) is 0 Å². The van der Waals surface area contributed by atoms with Crippen LogP contribution in [0, 0.1) is 6.92 Å². The van der Waals surface area contributed by atoms with Crippen molar-refractivity contribution in [2.45, 2.75) is 26.3 Å². The summed E-state index contributed by atoms with van der Waals surface area (Å²) in [5.41, 5.74) is 0.219. The molecule has 0 aliphatic carbocycles. The lowest BCUT2D eigenvalue weighted by Gasteiger charge is -2.41. The van der Waals surface area contributed by atoms with Crippen molar-refractivity contribution >= 4 is 5.91 Å². The molecule has 1 aliphatic rings. The molecular formula is C10H19N2O. The molecule has 1 radical (unpaired) electrons. The van der Waals surface area contributed by atoms with Crippen LogP contribution in [-0.4, -0.2) is 47.4 Å². The van der Waals surface area contributed by atoms with Crippen LogP contribution in [0.25, 0.3) is 0 Å². The second-order valence-corrected chi connectivity index (χ2v) is 4.54. The van der Waals surface area contributed by atoms with E-state index in [1.165, 1.54) is 0 Å². The third kappa shape index (κ3) is 2.69. The SMILES string of the molecule is [CH2]C(=O)N1CCN(C(C)(C)C)CC1. The molecule has 0 bridgehead atoms. The summed E-state index contributed by atoms with van der Waals surface area (Å²) in [6, 6.07) is 0. The van der Waals surface area contributed by atoms with Gasteiger partial charge in [0, 0.05) is 38.6 Å². The Morgan fingerprint density at radius 1 is 1.15 bits per heavy atom. The topological polar surface area (TPSA) is 23.6 Å². The van der Waals surface area contributed by atoms with Gasteiger partial charge in [-0.25, -0.2) is 0 Å². The van der Waals surface area contributed by atoms with E-state index >= 15 is 0 Å². The molecule has 0 aromatic carbocycles. The van der Waals surface area contributed by atoms with Gasteiger partial charge in [-0.1, -0.05) is 0 Å². The third-order valence-electron chi connectivity index (χ3n) is 2.58. The van der Waals surface area contributed by atoms with E-state index in [1.54, 1.807) is 0 Å². The standard InChI is InChI=1S/C10H19N2O/c1-9(13)11-5-7-12(8-6-11)10(2,3)4/h1,5-8H2,2-4H3. The van der Waals surface area contributed by atoms with Gasteiger partial charge in [-0.2, -0.15) is 0 Å². The fourth-order valence-corrected chi connectivity index (χ4v) is 1.63. The van der Waals surface area contributed by atoms with E-state index in [9.17, 15) is 4.79 Å². The number of nitrogens with zero attached hydrogens (tertiary/aromatic N) is 2. The van der Waals surface area contributed by atoms with E-state index in [2.05, 4.69) is 32.6 Å². The second-order valence-electron chi connectivity index (χ2n) is 4.54. The maximum absolute atomic E-state index is 11.0. The summed E-state index contributed by atoms with van der Waals surface area (Å²) in [6.45, 7) is 13.6. The van der Waals surface area contributed by atoms with Crippen molar-refractivity contribution in [3.8, 4) is 0 Å². The van der Waals surface area contributed by atoms with E-state index < -0.39 is 0 Å². The van der Waals surface area contributed by atoms with Gasteiger partial charge in [0.15, 0.2) is 0 Å². The highest BCUT2D eigenvalue weighted by Gasteiger charge is 2.26. The predicted octanol–water partition coefficient (Wildman–Crippen LogP) is 0.763. The molecule has 1 aliphatic heterocycles. The van der Waals surface area contributed by atoms with Gasteiger partial charge < -0.3 is 4.90 Å². The average molecular weight is 183 g/mol. The summed E-state index contributed by atoms with van der Waals surface area (Å²) in [5.74, 6) is -0.0476. The monoisotopic (exact) mass is 183 g/mol. The molecule has 1 fully saturated rings. The Hall–Kier alpha value is -0.570. The molecule has 1 amide bonds. The zero-order valence-corrected chi connectivity index (χ0v) is 8.84. The quantitative estimate of drug-likeness (QED) is 0.553. The van der Waals surface area contributed by atoms with Crippen LogP contribution in [0.15, 0.2) is 0 Å². The van der Waals surface area contributed by atoms with E-state index in [0.717, 1.165) is 26.2 Å². The summed E-state index contributed by atoms with van der Waals surface area (Å²) >= 11 is 0. The Morgan fingerprint density at radius 2 is 1.62 bits per heavy atom. The van der Waals surface area contributed by atoms with Gasteiger partial charge in [0.2, 0.25) is 5.91 Å². The van der Waals surface area contributed by atoms with Crippen molar-refractivity contribution < 1.29 is 4.79 Å². The molecule has 0 aromatic rings. The summed E-state index contributed by atoms with van der Waals surface area (Å²) in [4.78, 5) is 15.2. The minimum atomic E-state index is -0.0476. The number of amides is 1. The summed E-state index contributed by atoms with van der Waals surface area (Å²) in [5, 5.41) is 0. The number of carbonyl (C=O) groups excluding carboxylic acids is 1. The molecule has 13 heavy (non-hydrogen) atoms. The number of hydrogen-bond acceptors (Lipinski definition) is 2. The molecule has 3 heteroatoms. The highest BCUT2D eigenvalue weighted by molar-refractivity contribution is 5.80. The molecule has 75 valence electrons. The molecule has 1 rings (SSSR count). The lowest BCUT2D eigenvalue weighted by Crippen LogP contribution is -2.54. The Kier molecular flexibility index (Phi) is 2.96. The van der Waals surface area contributed by atoms with Gasteiger partial charge in [-0.15, -0.1) is 0 Å². The van der Waals surface area contributed by atoms with E-state index in [1.807, 2.05) is 4.90 Å². The van der Waals surface area contributed by atoms with Crippen molar-refractivity contribution in [1.29, 1.82) is 0 Å². The first kappa shape index (κ1) is 10.5. The lowest BCUT2D eigenvalue weighted by molar-refractivity contribution is -0.128. The van der Waals surface area contributed by atoms with Crippen LogP contribution in [0.3, 0.4) is 0 Å². The molecule has 0 atom stereocenters. The highest BCUT2D eigenvalue weighted by Crippen LogP contribution is 2.15. The molecule has 1 saturated heterocycles. The van der Waals surface area contributed by atoms with Gasteiger partial charge in [0.25, 0.3) is 0 Å². The van der Waals surface area contributed by atoms with Crippen molar-refractivity contribution in [1.82, 2.24) is 9.80 Å². The lowest BCUT2D eigenvalue weighted by atomic mass is 10.1. The van der Waals surface area contributed by atoms with Crippen LogP contribution in [0.4, 0.5) is 0 Å². The second kappa shape index (κ2) is 3.66. The van der Waals surface area contributed by atoms with Crippen LogP contribution >= 0.6 is 0 Å². The zero-order valence-electron chi connectivity index (χ0n) is 8.84. The van der Waals surface area contributed by atoms with Crippen molar-refractivity contribution in [3.05, 3.63) is 6.92 Å². The Bertz CT molecular complexity index is 188. The van der Waals surface area contributed by atoms with Crippen LogP contribution < -0.4 is 0 Å². The van der Waals surface area contributed by atoms with Crippen LogP contribution in [0.2, 0.25) is 0 Å². The average Bonchev–Trinajstić information content (AvgIpc) is 2.03. The van der Waals surface area contributed by atoms with Gasteiger partial charge in [-0.05, 0) is 20.8 Å². The smallest absolute Gasteiger partial charge is 0.223 e. The van der Waals surface area contributed by atoms with E-state index in [0.29, 0.717) is 0 Å². The number of rotatable bonds is 0. The van der Waals surface area contributed by atoms with Crippen LogP contribution in [-0.2, 0) is 4.79 Å². The molecule has 0 spiro atoms. The Morgan fingerprint density at radius 3 is 1.92 bits per heavy atom. The fourth-order valence-electron chi connectivity index (χ4n) is 1.63. The van der Waals surface area contributed by atoms with E-state index in [4.69, 9.17) is 0 Å². The minimum Gasteiger partial charge on any atom is -0.340 e. The number of carbonyl (C=O) groups is 1. The molecule has 0 aromatic heterocycles. The predicted molar refractivity (Wildman–Crippen MR) is 53.3 cm³/mol. The molecule has 0 unspecified atom stereocenters. The van der Waals surface area contributed by atoms with Crippen molar-refractivity contribution in [2.24, 2.45) is 0 Å². The normalized spacial score (nSPS) is 20.5. The first-order valence-corrected chi connectivity index (χ1v) is 4.77. The van der Waals surface area contributed by atoms with Crippen molar-refractivity contribution in [3.63, 3.8) is 0 Å². The summed E-state index contributed by atoms with van der Waals surface area (Å²) in [7, 11) is 0. The zero-order chi connectivity index (χ0) is 10.1. The highest BCUT2D eigenvalue weighted by atomic mass is 16.2. The van der Waals surface area contributed by atoms with Crippen LogP contribution in [0.5, 0.6) is 0 Å². The summed E-state index contributed by atoms with van der Waals surface area (Å²) < 4.78 is 0. The molecular weight excluding hydrogens is 164 g/mol. The molecule has 3 nitrogen and oxygen atoms in total. The first-order chi connectivity index (χ1) is 5.91. The maximum atomic E-state index is 11.0. The van der Waals surface area contributed by atoms with Gasteiger partial charge >= 0.3 is 0 Å². The molecule has 0 N–H and O–H groups in total. The number of hydrogen-bond donors (Lipinski definition) is 0. The number of piperazine rings is 1. The fraction of sp³-hybridized carbons (Fsp3) is 0.800. The minimum absolute atomic E-state index is 0.0476. The third-order valence-corrected chi connectivity index (χ3v) is 2.58. The Labute approximate surface area is 80.7 Å². The first-order valence-electron chi connectivity index (χ1n) is 4.77. The largest absolute Gasteiger partial charge is 0.340 e. The molecule has 0 saturated carbocycles. The Balaban J connectivity index is 2.44. The summed E-state index contributed by atoms with van der Waals surface area (Å²) in [6.07, 6.45) is 0.